The molecule has 3 nitrogen and oxygen atoms in total. The molecule has 0 bridgehead atoms. The molecule has 0 unspecified atom stereocenters. The first-order valence-electron chi connectivity index (χ1n) is 6.44. The Balaban J connectivity index is 1.91. The lowest BCUT2D eigenvalue weighted by Gasteiger charge is -2.08. The number of benzene rings is 2. The molecule has 0 saturated carbocycles. The lowest BCUT2D eigenvalue weighted by molar-refractivity contribution is -0.115. The van der Waals surface area contributed by atoms with Crippen molar-refractivity contribution in [2.24, 2.45) is 0 Å². The third-order valence-electron chi connectivity index (χ3n) is 2.65. The molecule has 0 aliphatic heterocycles. The normalized spacial score (nSPS) is 10.6. The van der Waals surface area contributed by atoms with Crippen LogP contribution in [0.1, 0.15) is 5.56 Å². The van der Waals surface area contributed by atoms with Gasteiger partial charge in [0.25, 0.3) is 0 Å². The molecule has 2 N–H and O–H groups in total. The highest BCUT2D eigenvalue weighted by molar-refractivity contribution is 7.80. The molecule has 2 rings (SSSR count). The summed E-state index contributed by atoms with van der Waals surface area (Å²) in [7, 11) is 0. The number of rotatable bonds is 3. The summed E-state index contributed by atoms with van der Waals surface area (Å²) in [4.78, 5) is 11.8. The molecule has 0 aliphatic carbocycles. The van der Waals surface area contributed by atoms with E-state index in [4.69, 9.17) is 47.0 Å². The van der Waals surface area contributed by atoms with Crippen LogP contribution in [-0.2, 0) is 4.79 Å². The van der Waals surface area contributed by atoms with Gasteiger partial charge in [0.15, 0.2) is 5.11 Å². The molecule has 0 aromatic heterocycles. The first-order valence-corrected chi connectivity index (χ1v) is 7.98. The fraction of sp³-hybridized carbons (Fsp3) is 0. The molecule has 0 atom stereocenters. The molecule has 0 radical (unpaired) electrons. The van der Waals surface area contributed by atoms with E-state index in [9.17, 15) is 4.79 Å². The molecule has 7 heteroatoms. The number of hydrogen-bond acceptors (Lipinski definition) is 2. The summed E-state index contributed by atoms with van der Waals surface area (Å²) in [6.07, 6.45) is 3.03. The van der Waals surface area contributed by atoms with Gasteiger partial charge in [-0.05, 0) is 54.2 Å². The number of carbonyl (C=O) groups is 1. The molecular weight excluding hydrogens is 375 g/mol. The van der Waals surface area contributed by atoms with Crippen LogP contribution in [0.3, 0.4) is 0 Å². The van der Waals surface area contributed by atoms with E-state index in [1.54, 1.807) is 48.5 Å². The van der Waals surface area contributed by atoms with Crippen LogP contribution in [-0.4, -0.2) is 11.0 Å². The molecule has 0 spiro atoms. The highest BCUT2D eigenvalue weighted by Gasteiger charge is 2.03. The average molecular weight is 386 g/mol. The first kappa shape index (κ1) is 17.8. The van der Waals surface area contributed by atoms with Crippen molar-refractivity contribution in [2.75, 3.05) is 5.32 Å². The van der Waals surface area contributed by atoms with Gasteiger partial charge in [-0.3, -0.25) is 10.1 Å². The van der Waals surface area contributed by atoms with E-state index in [1.807, 2.05) is 0 Å². The molecule has 2 aromatic rings. The number of halogens is 3. The van der Waals surface area contributed by atoms with E-state index in [0.717, 1.165) is 5.56 Å². The van der Waals surface area contributed by atoms with E-state index >= 15 is 0 Å². The van der Waals surface area contributed by atoms with Crippen LogP contribution in [0.5, 0.6) is 0 Å². The van der Waals surface area contributed by atoms with Gasteiger partial charge >= 0.3 is 0 Å². The van der Waals surface area contributed by atoms with Crippen LogP contribution >= 0.6 is 47.0 Å². The van der Waals surface area contributed by atoms with Crippen LogP contribution in [0.4, 0.5) is 5.69 Å². The third-order valence-corrected chi connectivity index (χ3v) is 3.55. The Kier molecular flexibility index (Phi) is 6.42. The third kappa shape index (κ3) is 6.20. The maximum absolute atomic E-state index is 11.8. The second-order valence-electron chi connectivity index (χ2n) is 4.49. The topological polar surface area (TPSA) is 41.1 Å². The summed E-state index contributed by atoms with van der Waals surface area (Å²) in [5, 5.41) is 7.09. The minimum Gasteiger partial charge on any atom is -0.332 e. The smallest absolute Gasteiger partial charge is 0.250 e. The predicted octanol–water partition coefficient (Wildman–Crippen LogP) is 5.17. The molecule has 0 fully saturated rings. The van der Waals surface area contributed by atoms with Crippen molar-refractivity contribution in [3.63, 3.8) is 0 Å². The zero-order valence-corrected chi connectivity index (χ0v) is 14.7. The Bertz CT molecular complexity index is 740. The van der Waals surface area contributed by atoms with Crippen molar-refractivity contribution < 1.29 is 4.79 Å². The quantitative estimate of drug-likeness (QED) is 0.565. The molecule has 0 aliphatic rings. The minimum atomic E-state index is -0.356. The van der Waals surface area contributed by atoms with Crippen molar-refractivity contribution in [3.8, 4) is 0 Å². The second-order valence-corrected chi connectivity index (χ2v) is 6.20. The summed E-state index contributed by atoms with van der Waals surface area (Å²) in [6.45, 7) is 0. The number of anilines is 1. The van der Waals surface area contributed by atoms with E-state index in [2.05, 4.69) is 10.6 Å². The maximum atomic E-state index is 11.8. The van der Waals surface area contributed by atoms with E-state index < -0.39 is 0 Å². The number of thiocarbonyl (C=S) groups is 1. The summed E-state index contributed by atoms with van der Waals surface area (Å²) >= 11 is 22.6. The Morgan fingerprint density at radius 2 is 1.57 bits per heavy atom. The van der Waals surface area contributed by atoms with Crippen LogP contribution in [0.25, 0.3) is 6.08 Å². The summed E-state index contributed by atoms with van der Waals surface area (Å²) in [5.74, 6) is -0.356. The van der Waals surface area contributed by atoms with Gasteiger partial charge in [0, 0.05) is 26.8 Å². The van der Waals surface area contributed by atoms with Gasteiger partial charge in [0.2, 0.25) is 5.91 Å². The lowest BCUT2D eigenvalue weighted by Crippen LogP contribution is -2.32. The van der Waals surface area contributed by atoms with E-state index in [1.165, 1.54) is 6.08 Å². The largest absolute Gasteiger partial charge is 0.332 e. The van der Waals surface area contributed by atoms with Crippen molar-refractivity contribution >= 4 is 69.8 Å². The van der Waals surface area contributed by atoms with Crippen LogP contribution in [0.2, 0.25) is 15.1 Å². The van der Waals surface area contributed by atoms with Crippen LogP contribution in [0, 0.1) is 0 Å². The number of nitrogens with one attached hydrogen (secondary N) is 2. The van der Waals surface area contributed by atoms with E-state index in [0.29, 0.717) is 20.8 Å². The summed E-state index contributed by atoms with van der Waals surface area (Å²) < 4.78 is 0. The second kappa shape index (κ2) is 8.31. The summed E-state index contributed by atoms with van der Waals surface area (Å²) in [5.41, 5.74) is 1.44. The summed E-state index contributed by atoms with van der Waals surface area (Å²) in [6, 6.07) is 12.0. The van der Waals surface area contributed by atoms with Crippen LogP contribution < -0.4 is 10.6 Å². The SMILES string of the molecule is O=C(/C=C/c1ccc(Cl)cc1)NC(=S)Nc1cc(Cl)cc(Cl)c1. The molecule has 2 aromatic carbocycles. The Morgan fingerprint density at radius 1 is 0.957 bits per heavy atom. The molecule has 0 saturated heterocycles. The molecule has 23 heavy (non-hydrogen) atoms. The Labute approximate surface area is 154 Å². The predicted molar refractivity (Wildman–Crippen MR) is 101 cm³/mol. The van der Waals surface area contributed by atoms with Gasteiger partial charge in [-0.15, -0.1) is 0 Å². The van der Waals surface area contributed by atoms with Gasteiger partial charge < -0.3 is 5.32 Å². The molecule has 118 valence electrons. The average Bonchev–Trinajstić information content (AvgIpc) is 2.45. The van der Waals surface area contributed by atoms with Crippen molar-refractivity contribution in [1.82, 2.24) is 5.32 Å². The zero-order chi connectivity index (χ0) is 16.8. The Hall–Kier alpha value is -1.59. The number of carbonyl (C=O) groups excluding carboxylic acids is 1. The van der Waals surface area contributed by atoms with Gasteiger partial charge in [-0.1, -0.05) is 46.9 Å². The van der Waals surface area contributed by atoms with Crippen LogP contribution in [0.15, 0.2) is 48.5 Å². The van der Waals surface area contributed by atoms with Crippen molar-refractivity contribution in [3.05, 3.63) is 69.2 Å². The standard InChI is InChI=1S/C16H11Cl3N2OS/c17-11-4-1-10(2-5-11)3-6-15(22)21-16(23)20-14-8-12(18)7-13(19)9-14/h1-9H,(H2,20,21,22,23)/b6-3+. The van der Waals surface area contributed by atoms with Gasteiger partial charge in [-0.2, -0.15) is 0 Å². The van der Waals surface area contributed by atoms with Crippen molar-refractivity contribution in [1.29, 1.82) is 0 Å². The zero-order valence-electron chi connectivity index (χ0n) is 11.6. The lowest BCUT2D eigenvalue weighted by atomic mass is 10.2. The number of hydrogen-bond donors (Lipinski definition) is 2. The maximum Gasteiger partial charge on any atom is 0.250 e. The van der Waals surface area contributed by atoms with E-state index in [-0.39, 0.29) is 11.0 Å². The van der Waals surface area contributed by atoms with Crippen molar-refractivity contribution in [2.45, 2.75) is 0 Å². The highest BCUT2D eigenvalue weighted by Crippen LogP contribution is 2.22. The highest BCUT2D eigenvalue weighted by atomic mass is 35.5. The monoisotopic (exact) mass is 384 g/mol. The fourth-order valence-electron chi connectivity index (χ4n) is 1.69. The van der Waals surface area contributed by atoms with Gasteiger partial charge in [-0.25, -0.2) is 0 Å². The first-order chi connectivity index (χ1) is 10.9. The van der Waals surface area contributed by atoms with Gasteiger partial charge in [0.05, 0.1) is 0 Å². The Morgan fingerprint density at radius 3 is 2.17 bits per heavy atom. The molecule has 1 amide bonds. The molecule has 0 heterocycles. The van der Waals surface area contributed by atoms with Gasteiger partial charge in [0.1, 0.15) is 0 Å². The molecular formula is C16H11Cl3N2OS. The fourth-order valence-corrected chi connectivity index (χ4v) is 2.56. The minimum absolute atomic E-state index is 0.147. The number of amides is 1.